The molecule has 0 aliphatic carbocycles. The topological polar surface area (TPSA) is 95.5 Å². The fourth-order valence-corrected chi connectivity index (χ4v) is 1.88. The lowest BCUT2D eigenvalue weighted by Crippen LogP contribution is -2.40. The fraction of sp³-hybridized carbons (Fsp3) is 0.182. The second-order valence-corrected chi connectivity index (χ2v) is 4.27. The Bertz CT molecular complexity index is 493. The number of thiophene rings is 1. The van der Waals surface area contributed by atoms with E-state index in [9.17, 15) is 14.4 Å². The molecule has 1 aromatic heterocycles. The minimum absolute atomic E-state index is 0.442. The summed E-state index contributed by atoms with van der Waals surface area (Å²) in [5.41, 5.74) is 4.72. The summed E-state index contributed by atoms with van der Waals surface area (Å²) in [6.45, 7) is 1.98. The molecule has 7 heteroatoms. The van der Waals surface area contributed by atoms with E-state index in [0.29, 0.717) is 11.6 Å². The maximum absolute atomic E-state index is 11.6. The number of nitrogens with one attached hydrogen (secondary N) is 2. The van der Waals surface area contributed by atoms with Gasteiger partial charge in [0.2, 0.25) is 0 Å². The summed E-state index contributed by atoms with van der Waals surface area (Å²) >= 11 is 1.46. The quantitative estimate of drug-likeness (QED) is 0.553. The summed E-state index contributed by atoms with van der Waals surface area (Å²) in [6, 6.07) is 1.74. The number of hydrogen-bond acceptors (Lipinski definition) is 4. The van der Waals surface area contributed by atoms with E-state index in [-0.39, 0.29) is 0 Å². The molecular weight excluding hydrogens is 256 g/mol. The monoisotopic (exact) mass is 268 g/mol. The number of carbonyl (C=O) groups is 3. The Morgan fingerprint density at radius 1 is 1.33 bits per heavy atom. The van der Waals surface area contributed by atoms with Gasteiger partial charge in [-0.05, 0) is 12.5 Å². The first-order valence-corrected chi connectivity index (χ1v) is 5.99. The zero-order valence-corrected chi connectivity index (χ0v) is 10.4. The average molecular weight is 268 g/mol. The third-order valence-corrected chi connectivity index (χ3v) is 3.02. The molecule has 2 amide bonds. The van der Waals surface area contributed by atoms with E-state index >= 15 is 0 Å². The van der Waals surface area contributed by atoms with Gasteiger partial charge < -0.3 is 5.11 Å². The van der Waals surface area contributed by atoms with Crippen LogP contribution in [0.1, 0.15) is 22.2 Å². The van der Waals surface area contributed by atoms with Crippen molar-refractivity contribution < 1.29 is 19.5 Å². The van der Waals surface area contributed by atoms with E-state index in [1.54, 1.807) is 11.4 Å². The lowest BCUT2D eigenvalue weighted by molar-refractivity contribution is -0.131. The zero-order valence-electron chi connectivity index (χ0n) is 9.60. The molecule has 18 heavy (non-hydrogen) atoms. The van der Waals surface area contributed by atoms with Crippen LogP contribution in [0.5, 0.6) is 0 Å². The summed E-state index contributed by atoms with van der Waals surface area (Å²) in [7, 11) is 0. The Labute approximate surface area is 107 Å². The first kappa shape index (κ1) is 13.9. The number of carbonyl (C=O) groups excluding carboxylic acids is 2. The van der Waals surface area contributed by atoms with Gasteiger partial charge in [0.25, 0.3) is 11.8 Å². The van der Waals surface area contributed by atoms with Gasteiger partial charge in [-0.1, -0.05) is 6.92 Å². The molecule has 0 bridgehead atoms. The molecule has 0 radical (unpaired) electrons. The fourth-order valence-electron chi connectivity index (χ4n) is 1.06. The minimum atomic E-state index is -1.23. The van der Waals surface area contributed by atoms with Crippen LogP contribution in [-0.4, -0.2) is 22.9 Å². The smallest absolute Gasteiger partial charge is 0.328 e. The molecule has 0 spiro atoms. The third kappa shape index (κ3) is 4.38. The van der Waals surface area contributed by atoms with Crippen LogP contribution in [0.25, 0.3) is 0 Å². The van der Waals surface area contributed by atoms with Crippen LogP contribution in [0.4, 0.5) is 0 Å². The molecule has 96 valence electrons. The molecule has 0 aromatic carbocycles. The molecular formula is C11H12N2O4S. The van der Waals surface area contributed by atoms with Crippen molar-refractivity contribution in [2.75, 3.05) is 0 Å². The van der Waals surface area contributed by atoms with Crippen molar-refractivity contribution in [3.63, 3.8) is 0 Å². The van der Waals surface area contributed by atoms with Crippen LogP contribution in [0.2, 0.25) is 0 Å². The number of hydrogen-bond donors (Lipinski definition) is 3. The van der Waals surface area contributed by atoms with Crippen molar-refractivity contribution in [2.24, 2.45) is 0 Å². The van der Waals surface area contributed by atoms with Gasteiger partial charge in [-0.2, -0.15) is 0 Å². The van der Waals surface area contributed by atoms with E-state index in [1.807, 2.05) is 6.92 Å². The van der Waals surface area contributed by atoms with Gasteiger partial charge >= 0.3 is 5.97 Å². The minimum Gasteiger partial charge on any atom is -0.478 e. The Hall–Kier alpha value is -2.15. The Kier molecular flexibility index (Phi) is 5.06. The second kappa shape index (κ2) is 6.55. The van der Waals surface area contributed by atoms with Gasteiger partial charge in [-0.15, -0.1) is 11.3 Å². The van der Waals surface area contributed by atoms with Crippen molar-refractivity contribution in [1.82, 2.24) is 10.9 Å². The van der Waals surface area contributed by atoms with Gasteiger partial charge in [-0.25, -0.2) is 4.79 Å². The van der Waals surface area contributed by atoms with Gasteiger partial charge in [-0.3, -0.25) is 20.4 Å². The molecule has 0 unspecified atom stereocenters. The Morgan fingerprint density at radius 3 is 2.61 bits per heavy atom. The van der Waals surface area contributed by atoms with Gasteiger partial charge in [0.1, 0.15) is 0 Å². The van der Waals surface area contributed by atoms with Crippen molar-refractivity contribution in [3.8, 4) is 0 Å². The molecule has 0 aliphatic heterocycles. The molecule has 6 nitrogen and oxygen atoms in total. The van der Waals surface area contributed by atoms with E-state index in [4.69, 9.17) is 5.11 Å². The number of aliphatic carboxylic acids is 1. The number of carboxylic acid groups (broad SMARTS) is 1. The van der Waals surface area contributed by atoms with Gasteiger partial charge in [0.05, 0.1) is 5.56 Å². The molecule has 3 N–H and O–H groups in total. The van der Waals surface area contributed by atoms with Crippen LogP contribution in [0.3, 0.4) is 0 Å². The van der Waals surface area contributed by atoms with E-state index in [0.717, 1.165) is 17.4 Å². The summed E-state index contributed by atoms with van der Waals surface area (Å²) in [5, 5.41) is 9.98. The molecule has 1 rings (SSSR count). The highest BCUT2D eigenvalue weighted by atomic mass is 32.1. The van der Waals surface area contributed by atoms with E-state index in [2.05, 4.69) is 10.9 Å². The number of aryl methyl sites for hydroxylation is 1. The predicted molar refractivity (Wildman–Crippen MR) is 66.1 cm³/mol. The largest absolute Gasteiger partial charge is 0.478 e. The van der Waals surface area contributed by atoms with Crippen LogP contribution >= 0.6 is 11.3 Å². The Morgan fingerprint density at radius 2 is 2.06 bits per heavy atom. The molecule has 0 aliphatic rings. The van der Waals surface area contributed by atoms with E-state index in [1.165, 1.54) is 11.3 Å². The first-order chi connectivity index (χ1) is 8.52. The van der Waals surface area contributed by atoms with Gasteiger partial charge in [0, 0.05) is 22.4 Å². The second-order valence-electron chi connectivity index (χ2n) is 3.27. The number of amides is 2. The van der Waals surface area contributed by atoms with Crippen molar-refractivity contribution in [2.45, 2.75) is 13.3 Å². The lowest BCUT2D eigenvalue weighted by Gasteiger charge is -2.02. The number of hydrazine groups is 1. The van der Waals surface area contributed by atoms with E-state index < -0.39 is 17.8 Å². The standard InChI is InChI=1S/C11H12N2O4S/c1-2-8-5-7(6-18-8)11(17)13-12-9(14)3-4-10(15)16/h3-6H,2H2,1H3,(H,12,14)(H,13,17)(H,15,16). The highest BCUT2D eigenvalue weighted by Gasteiger charge is 2.08. The van der Waals surface area contributed by atoms with Crippen LogP contribution in [0, 0.1) is 0 Å². The summed E-state index contributed by atoms with van der Waals surface area (Å²) in [5.74, 6) is -2.39. The molecule has 0 fully saturated rings. The normalized spacial score (nSPS) is 10.3. The summed E-state index contributed by atoms with van der Waals surface area (Å²) in [6.07, 6.45) is 2.33. The molecule has 0 saturated carbocycles. The highest BCUT2D eigenvalue weighted by molar-refractivity contribution is 7.10. The maximum atomic E-state index is 11.6. The van der Waals surface area contributed by atoms with Crippen LogP contribution in [0.15, 0.2) is 23.6 Å². The van der Waals surface area contributed by atoms with Crippen molar-refractivity contribution in [1.29, 1.82) is 0 Å². The average Bonchev–Trinajstić information content (AvgIpc) is 2.82. The maximum Gasteiger partial charge on any atom is 0.328 e. The van der Waals surface area contributed by atoms with Crippen molar-refractivity contribution >= 4 is 29.1 Å². The highest BCUT2D eigenvalue weighted by Crippen LogP contribution is 2.14. The zero-order chi connectivity index (χ0) is 13.5. The lowest BCUT2D eigenvalue weighted by atomic mass is 10.3. The third-order valence-electron chi connectivity index (χ3n) is 1.94. The molecule has 0 atom stereocenters. The molecule has 0 saturated heterocycles. The van der Waals surface area contributed by atoms with Crippen LogP contribution < -0.4 is 10.9 Å². The van der Waals surface area contributed by atoms with Crippen molar-refractivity contribution in [3.05, 3.63) is 34.0 Å². The summed E-state index contributed by atoms with van der Waals surface area (Å²) in [4.78, 5) is 33.8. The van der Waals surface area contributed by atoms with Gasteiger partial charge in [0.15, 0.2) is 0 Å². The van der Waals surface area contributed by atoms with Crippen LogP contribution in [-0.2, 0) is 16.0 Å². The Balaban J connectivity index is 2.46. The first-order valence-electron chi connectivity index (χ1n) is 5.11. The predicted octanol–water partition coefficient (Wildman–Crippen LogP) is 0.712. The number of rotatable bonds is 4. The molecule has 1 heterocycles. The summed E-state index contributed by atoms with van der Waals surface area (Å²) < 4.78 is 0. The SMILES string of the molecule is CCc1cc(C(=O)NNC(=O)C=CC(=O)O)cs1. The molecule has 1 aromatic rings. The number of carboxylic acids is 1.